The Balaban J connectivity index is 1.64. The second-order valence-electron chi connectivity index (χ2n) is 9.51. The van der Waals surface area contributed by atoms with Crippen LogP contribution in [0.15, 0.2) is 145 Å². The highest BCUT2D eigenvalue weighted by Crippen LogP contribution is 2.45. The molecule has 42 heavy (non-hydrogen) atoms. The van der Waals surface area contributed by atoms with Crippen LogP contribution in [0.5, 0.6) is 11.5 Å². The van der Waals surface area contributed by atoms with Gasteiger partial charge in [-0.3, -0.25) is 0 Å². The van der Waals surface area contributed by atoms with Gasteiger partial charge in [-0.25, -0.2) is 0 Å². The van der Waals surface area contributed by atoms with Gasteiger partial charge in [0, 0.05) is 5.39 Å². The van der Waals surface area contributed by atoms with Gasteiger partial charge in [0.05, 0.1) is 23.3 Å². The van der Waals surface area contributed by atoms with Gasteiger partial charge >= 0.3 is 0 Å². The van der Waals surface area contributed by atoms with Crippen LogP contribution in [-0.4, -0.2) is 10.2 Å². The predicted molar refractivity (Wildman–Crippen MR) is 176 cm³/mol. The molecule has 2 nitrogen and oxygen atoms in total. The second kappa shape index (κ2) is 9.50. The zero-order valence-electron chi connectivity index (χ0n) is 38.4. The number of aromatic hydroxyl groups is 2. The molecular weight excluding hydrogens is 512 g/mol. The number of rotatable bonds is 3. The summed E-state index contributed by atoms with van der Waals surface area (Å²) in [6, 6.07) is -1.35. The zero-order valence-corrected chi connectivity index (χ0v) is 21.4. The minimum Gasteiger partial charge on any atom is -0.504 e. The molecule has 0 amide bonds. The van der Waals surface area contributed by atoms with Crippen molar-refractivity contribution in [1.29, 1.82) is 0 Å². The maximum absolute atomic E-state index is 10.9. The highest BCUT2D eigenvalue weighted by atomic mass is 16.3. The van der Waals surface area contributed by atoms with Gasteiger partial charge in [0.25, 0.3) is 0 Å². The minimum atomic E-state index is -1.17. The zero-order chi connectivity index (χ0) is 43.0. The quantitative estimate of drug-likeness (QED) is 0.168. The van der Waals surface area contributed by atoms with Crippen molar-refractivity contribution in [3.63, 3.8) is 0 Å². The second-order valence-corrected chi connectivity index (χ2v) is 9.51. The Kier molecular flexibility index (Phi) is 2.83. The maximum Gasteiger partial charge on any atom is 0.165 e. The summed E-state index contributed by atoms with van der Waals surface area (Å²) < 4.78 is 151. The molecule has 0 radical (unpaired) electrons. The Morgan fingerprint density at radius 2 is 0.952 bits per heavy atom. The summed E-state index contributed by atoms with van der Waals surface area (Å²) in [7, 11) is 0. The van der Waals surface area contributed by atoms with Gasteiger partial charge in [-0.15, -0.1) is 0 Å². The van der Waals surface area contributed by atoms with Crippen LogP contribution in [0.2, 0.25) is 0 Å². The number of phenols is 2. The first-order chi connectivity index (χ1) is 27.8. The van der Waals surface area contributed by atoms with E-state index in [0.717, 1.165) is 5.39 Å². The summed E-state index contributed by atoms with van der Waals surface area (Å²) in [4.78, 5) is 0. The Labute approximate surface area is 267 Å². The lowest BCUT2D eigenvalue weighted by molar-refractivity contribution is 0.408. The molecule has 0 aliphatic heterocycles. The molecule has 2 heteroatoms. The third-order valence-corrected chi connectivity index (χ3v) is 7.18. The van der Waals surface area contributed by atoms with Crippen molar-refractivity contribution in [2.75, 3.05) is 0 Å². The van der Waals surface area contributed by atoms with Crippen LogP contribution in [0.4, 0.5) is 0 Å². The summed E-state index contributed by atoms with van der Waals surface area (Å²) in [6.07, 6.45) is 0. The Morgan fingerprint density at radius 1 is 0.452 bits per heavy atom. The molecule has 0 unspecified atom stereocenters. The number of hydrogen-bond acceptors (Lipinski definition) is 2. The average molecular weight is 556 g/mol. The van der Waals surface area contributed by atoms with Gasteiger partial charge in [-0.05, 0) is 83.2 Å². The van der Waals surface area contributed by atoms with E-state index >= 15 is 0 Å². The molecule has 0 saturated heterocycles. The molecule has 0 heterocycles. The topological polar surface area (TPSA) is 40.5 Å². The van der Waals surface area contributed by atoms with E-state index in [2.05, 4.69) is 0 Å². The first-order valence-corrected chi connectivity index (χ1v) is 12.8. The molecule has 0 aliphatic rings. The van der Waals surface area contributed by atoms with Crippen LogP contribution in [0, 0.1) is 0 Å². The van der Waals surface area contributed by atoms with Crippen molar-refractivity contribution < 1.29 is 33.5 Å². The fraction of sp³-hybridized carbons (Fsp3) is 0. The van der Waals surface area contributed by atoms with E-state index in [-0.39, 0.29) is 27.1 Å². The van der Waals surface area contributed by atoms with Gasteiger partial charge in [0.2, 0.25) is 0 Å². The Hall–Kier alpha value is -5.60. The van der Waals surface area contributed by atoms with E-state index in [9.17, 15) is 21.2 Å². The first kappa shape index (κ1) is 12.5. The van der Waals surface area contributed by atoms with Crippen molar-refractivity contribution in [3.05, 3.63) is 145 Å². The molecule has 0 atom stereocenters. The van der Waals surface area contributed by atoms with Crippen LogP contribution < -0.4 is 0 Å². The van der Waals surface area contributed by atoms with Gasteiger partial charge in [0.15, 0.2) is 11.5 Å². The normalized spacial score (nSPS) is 17.2. The maximum atomic E-state index is 10.9. The first-order valence-electron chi connectivity index (χ1n) is 21.3. The van der Waals surface area contributed by atoms with Crippen molar-refractivity contribution >= 4 is 43.1 Å². The highest BCUT2D eigenvalue weighted by molar-refractivity contribution is 6.21. The largest absolute Gasteiger partial charge is 0.504 e. The third kappa shape index (κ3) is 3.73. The van der Waals surface area contributed by atoms with Crippen LogP contribution >= 0.6 is 0 Å². The van der Waals surface area contributed by atoms with Crippen molar-refractivity contribution in [1.82, 2.24) is 0 Å². The van der Waals surface area contributed by atoms with E-state index in [4.69, 9.17) is 12.3 Å². The van der Waals surface area contributed by atoms with Crippen LogP contribution in [0.3, 0.4) is 0 Å². The molecule has 0 bridgehead atoms. The average Bonchev–Trinajstić information content (AvgIpc) is 3.22. The van der Waals surface area contributed by atoms with E-state index < -0.39 is 147 Å². The molecular formula is C40H26O2. The number of phenolic OH excluding ortho intramolecular Hbond substituents is 2. The van der Waals surface area contributed by atoms with E-state index in [1.807, 2.05) is 12.1 Å². The smallest absolute Gasteiger partial charge is 0.165 e. The third-order valence-electron chi connectivity index (χ3n) is 7.18. The SMILES string of the molecule is [2H]c1c([2H])c(-c2c3c([2H])c([2H])c([2H])c([2H])c3c(-c3ccc4ccccc4c3)c3c([2H])c([2H])c([2H])c([2H])c23)c([2H])c([2H])c1-c1c([2H])c(O)c(O)c2c([2H])c([2H])c([2H])c([2H])c12. The highest BCUT2D eigenvalue weighted by Gasteiger charge is 2.17. The molecule has 0 aromatic heterocycles. The summed E-state index contributed by atoms with van der Waals surface area (Å²) >= 11 is 0. The Morgan fingerprint density at radius 3 is 1.57 bits per heavy atom. The van der Waals surface area contributed by atoms with Crippen LogP contribution in [0.25, 0.3) is 76.5 Å². The van der Waals surface area contributed by atoms with Gasteiger partial charge < -0.3 is 10.2 Å². The van der Waals surface area contributed by atoms with Gasteiger partial charge in [-0.2, -0.15) is 0 Å². The van der Waals surface area contributed by atoms with E-state index in [0.29, 0.717) is 10.9 Å². The summed E-state index contributed by atoms with van der Waals surface area (Å²) in [5.41, 5.74) is -2.25. The number of fused-ring (bicyclic) bond motifs is 4. The Bertz CT molecular complexity index is 3150. The molecule has 0 saturated carbocycles. The summed E-state index contributed by atoms with van der Waals surface area (Å²) in [5, 5.41) is 20.7. The molecule has 8 aromatic carbocycles. The monoisotopic (exact) mass is 555 g/mol. The van der Waals surface area contributed by atoms with Crippen LogP contribution in [0.1, 0.15) is 23.3 Å². The molecule has 8 rings (SSSR count). The van der Waals surface area contributed by atoms with E-state index in [1.54, 1.807) is 30.3 Å². The summed E-state index contributed by atoms with van der Waals surface area (Å²) in [5.74, 6) is -2.26. The lowest BCUT2D eigenvalue weighted by Gasteiger charge is -2.18. The molecule has 0 aliphatic carbocycles. The van der Waals surface area contributed by atoms with Crippen molar-refractivity contribution in [3.8, 4) is 44.9 Å². The van der Waals surface area contributed by atoms with E-state index in [1.165, 1.54) is 0 Å². The lowest BCUT2D eigenvalue weighted by Crippen LogP contribution is -1.91. The molecule has 2 N–H and O–H groups in total. The van der Waals surface area contributed by atoms with Crippen molar-refractivity contribution in [2.45, 2.75) is 0 Å². The predicted octanol–water partition coefficient (Wildman–Crippen LogP) is 10.7. The fourth-order valence-electron chi connectivity index (χ4n) is 5.29. The number of benzene rings is 8. The van der Waals surface area contributed by atoms with Crippen molar-refractivity contribution in [2.24, 2.45) is 0 Å². The molecule has 8 aromatic rings. The van der Waals surface area contributed by atoms with Gasteiger partial charge in [0.1, 0.15) is 0 Å². The molecule has 0 spiro atoms. The van der Waals surface area contributed by atoms with Gasteiger partial charge in [-0.1, -0.05) is 133 Å². The molecule has 0 fully saturated rings. The van der Waals surface area contributed by atoms with Crippen LogP contribution in [-0.2, 0) is 0 Å². The fourth-order valence-corrected chi connectivity index (χ4v) is 5.29. The summed E-state index contributed by atoms with van der Waals surface area (Å²) in [6.45, 7) is 0. The molecule has 198 valence electrons. The standard InChI is InChI=1S/C40H26O2/c41-37-24-36(30-11-3-8-16-35(30)40(37)42)26-18-20-27(21-19-26)38-31-12-4-6-14-33(31)39(34-15-7-5-13-32(34)38)29-22-17-25-9-1-2-10-28(25)23-29/h1-24,41-42H/i3D,4D,5D,6D,7D,8D,11D,12D,13D,14D,15D,16D,18D,19D,20D,21D,24D. The number of hydrogen-bond donors (Lipinski definition) is 2. The lowest BCUT2D eigenvalue weighted by atomic mass is 9.85. The minimum absolute atomic E-state index is 0.00519.